The fraction of sp³-hybridized carbons (Fsp3) is 0.500. The molecule has 0 radical (unpaired) electrons. The number of benzene rings is 2. The molecule has 31 heavy (non-hydrogen) atoms. The molecule has 1 aliphatic heterocycles. The number of ether oxygens (including phenoxy) is 1. The molecule has 1 aliphatic rings. The SMILES string of the molecule is CC.Cc1ccc(C(CN2CCN(C(=O)OC(C)(C)C)CC2)c2ccc(Cl)cc2)cc1. The predicted octanol–water partition coefficient (Wildman–Crippen LogP) is 6.36. The van der Waals surface area contributed by atoms with Gasteiger partial charge in [0.05, 0.1) is 0 Å². The smallest absolute Gasteiger partial charge is 0.410 e. The molecule has 2 aromatic carbocycles. The highest BCUT2D eigenvalue weighted by Crippen LogP contribution is 2.28. The maximum Gasteiger partial charge on any atom is 0.410 e. The Morgan fingerprint density at radius 3 is 1.90 bits per heavy atom. The second kappa shape index (κ2) is 11.5. The van der Waals surface area contributed by atoms with Crippen molar-refractivity contribution < 1.29 is 9.53 Å². The summed E-state index contributed by atoms with van der Waals surface area (Å²) in [7, 11) is 0. The lowest BCUT2D eigenvalue weighted by atomic mass is 9.90. The standard InChI is InChI=1S/C24H31ClN2O2.C2H6/c1-18-5-7-19(8-6-18)22(20-9-11-21(25)12-10-20)17-26-13-15-27(16-14-26)23(28)29-24(2,3)4;1-2/h5-12,22H,13-17H2,1-4H3;1-2H3. The Bertz CT molecular complexity index is 759. The van der Waals surface area contributed by atoms with Gasteiger partial charge >= 0.3 is 6.09 Å². The van der Waals surface area contributed by atoms with Crippen LogP contribution in [0.25, 0.3) is 0 Å². The first-order valence-electron chi connectivity index (χ1n) is 11.2. The number of amides is 1. The van der Waals surface area contributed by atoms with Crippen LogP contribution in [-0.4, -0.2) is 54.2 Å². The van der Waals surface area contributed by atoms with Crippen molar-refractivity contribution in [3.05, 3.63) is 70.2 Å². The number of carbonyl (C=O) groups is 1. The Morgan fingerprint density at radius 1 is 0.935 bits per heavy atom. The van der Waals surface area contributed by atoms with Crippen LogP contribution >= 0.6 is 11.6 Å². The van der Waals surface area contributed by atoms with Gasteiger partial charge in [-0.1, -0.05) is 67.4 Å². The van der Waals surface area contributed by atoms with Crippen molar-refractivity contribution in [2.75, 3.05) is 32.7 Å². The quantitative estimate of drug-likeness (QED) is 0.550. The van der Waals surface area contributed by atoms with Crippen molar-refractivity contribution in [1.29, 1.82) is 0 Å². The van der Waals surface area contributed by atoms with E-state index in [2.05, 4.69) is 48.2 Å². The molecule has 4 nitrogen and oxygen atoms in total. The van der Waals surface area contributed by atoms with Crippen LogP contribution in [0.4, 0.5) is 4.79 Å². The number of nitrogens with zero attached hydrogens (tertiary/aromatic N) is 2. The largest absolute Gasteiger partial charge is 0.444 e. The third kappa shape index (κ3) is 7.86. The number of piperazine rings is 1. The monoisotopic (exact) mass is 444 g/mol. The lowest BCUT2D eigenvalue weighted by Crippen LogP contribution is -2.50. The summed E-state index contributed by atoms with van der Waals surface area (Å²) >= 11 is 6.11. The first kappa shape index (κ1) is 25.2. The van der Waals surface area contributed by atoms with E-state index < -0.39 is 5.60 Å². The van der Waals surface area contributed by atoms with Crippen LogP contribution in [0.2, 0.25) is 5.02 Å². The fourth-order valence-corrected chi connectivity index (χ4v) is 3.72. The van der Waals surface area contributed by atoms with Gasteiger partial charge in [-0.05, 0) is 51.0 Å². The van der Waals surface area contributed by atoms with E-state index in [0.29, 0.717) is 13.1 Å². The summed E-state index contributed by atoms with van der Waals surface area (Å²) in [5.41, 5.74) is 3.36. The van der Waals surface area contributed by atoms with E-state index in [4.69, 9.17) is 16.3 Å². The van der Waals surface area contributed by atoms with Gasteiger partial charge < -0.3 is 9.64 Å². The van der Waals surface area contributed by atoms with Gasteiger partial charge in [0.1, 0.15) is 5.60 Å². The number of aryl methyl sites for hydroxylation is 1. The molecule has 5 heteroatoms. The molecule has 1 unspecified atom stereocenters. The molecule has 0 spiro atoms. The Hall–Kier alpha value is -2.04. The zero-order valence-electron chi connectivity index (χ0n) is 19.8. The summed E-state index contributed by atoms with van der Waals surface area (Å²) in [4.78, 5) is 16.6. The minimum Gasteiger partial charge on any atom is -0.444 e. The minimum atomic E-state index is -0.459. The van der Waals surface area contributed by atoms with E-state index in [-0.39, 0.29) is 12.0 Å². The maximum absolute atomic E-state index is 12.3. The van der Waals surface area contributed by atoms with E-state index in [1.807, 2.05) is 51.7 Å². The molecule has 1 heterocycles. The molecular weight excluding hydrogens is 408 g/mol. The van der Waals surface area contributed by atoms with Gasteiger partial charge in [-0.25, -0.2) is 4.79 Å². The highest BCUT2D eigenvalue weighted by molar-refractivity contribution is 6.30. The first-order valence-corrected chi connectivity index (χ1v) is 11.6. The Balaban J connectivity index is 0.00000166. The molecule has 0 N–H and O–H groups in total. The Kier molecular flexibility index (Phi) is 9.39. The number of rotatable bonds is 4. The third-order valence-corrected chi connectivity index (χ3v) is 5.47. The van der Waals surface area contributed by atoms with Gasteiger partial charge in [-0.2, -0.15) is 0 Å². The molecule has 170 valence electrons. The number of carbonyl (C=O) groups excluding carboxylic acids is 1. The van der Waals surface area contributed by atoms with Crippen LogP contribution in [-0.2, 0) is 4.74 Å². The van der Waals surface area contributed by atoms with Crippen molar-refractivity contribution in [3.8, 4) is 0 Å². The zero-order chi connectivity index (χ0) is 23.0. The van der Waals surface area contributed by atoms with Gasteiger partial charge in [0.2, 0.25) is 0 Å². The lowest BCUT2D eigenvalue weighted by molar-refractivity contribution is 0.0143. The Labute approximate surface area is 193 Å². The fourth-order valence-electron chi connectivity index (χ4n) is 3.59. The summed E-state index contributed by atoms with van der Waals surface area (Å²) in [5, 5.41) is 0.752. The highest BCUT2D eigenvalue weighted by atomic mass is 35.5. The number of hydrogen-bond acceptors (Lipinski definition) is 3. The average molecular weight is 445 g/mol. The lowest BCUT2D eigenvalue weighted by Gasteiger charge is -2.37. The van der Waals surface area contributed by atoms with E-state index in [9.17, 15) is 4.79 Å². The molecule has 3 rings (SSSR count). The summed E-state index contributed by atoms with van der Waals surface area (Å²) in [6, 6.07) is 16.9. The summed E-state index contributed by atoms with van der Waals surface area (Å²) in [6.07, 6.45) is -0.218. The van der Waals surface area contributed by atoms with Gasteiger partial charge in [-0.15, -0.1) is 0 Å². The normalized spacial score (nSPS) is 15.6. The van der Waals surface area contributed by atoms with E-state index in [0.717, 1.165) is 24.7 Å². The molecule has 0 bridgehead atoms. The van der Waals surface area contributed by atoms with Crippen molar-refractivity contribution in [2.24, 2.45) is 0 Å². The van der Waals surface area contributed by atoms with Gasteiger partial charge in [0.25, 0.3) is 0 Å². The molecule has 0 aromatic heterocycles. The molecule has 0 aliphatic carbocycles. The minimum absolute atomic E-state index is 0.218. The van der Waals surface area contributed by atoms with E-state index in [1.165, 1.54) is 16.7 Å². The van der Waals surface area contributed by atoms with E-state index in [1.54, 1.807) is 0 Å². The molecule has 0 saturated carbocycles. The van der Waals surface area contributed by atoms with Crippen LogP contribution in [0.15, 0.2) is 48.5 Å². The van der Waals surface area contributed by atoms with Crippen LogP contribution in [0.3, 0.4) is 0 Å². The third-order valence-electron chi connectivity index (χ3n) is 5.22. The van der Waals surface area contributed by atoms with Gasteiger partial charge in [0, 0.05) is 43.7 Å². The van der Waals surface area contributed by atoms with Gasteiger partial charge in [-0.3, -0.25) is 4.90 Å². The second-order valence-corrected chi connectivity index (χ2v) is 9.22. The summed E-state index contributed by atoms with van der Waals surface area (Å²) in [5.74, 6) is 0.265. The summed E-state index contributed by atoms with van der Waals surface area (Å²) in [6.45, 7) is 15.8. The van der Waals surface area contributed by atoms with Crippen LogP contribution in [0, 0.1) is 6.92 Å². The first-order chi connectivity index (χ1) is 14.7. The zero-order valence-corrected chi connectivity index (χ0v) is 20.6. The van der Waals surface area contributed by atoms with E-state index >= 15 is 0 Å². The van der Waals surface area contributed by atoms with Crippen molar-refractivity contribution >= 4 is 17.7 Å². The highest BCUT2D eigenvalue weighted by Gasteiger charge is 2.27. The number of halogens is 1. The average Bonchev–Trinajstić information content (AvgIpc) is 2.74. The maximum atomic E-state index is 12.3. The molecule has 1 saturated heterocycles. The summed E-state index contributed by atoms with van der Waals surface area (Å²) < 4.78 is 5.51. The Morgan fingerprint density at radius 2 is 1.42 bits per heavy atom. The van der Waals surface area contributed by atoms with Crippen molar-refractivity contribution in [3.63, 3.8) is 0 Å². The second-order valence-electron chi connectivity index (χ2n) is 8.78. The molecule has 1 fully saturated rings. The van der Waals surface area contributed by atoms with Crippen LogP contribution < -0.4 is 0 Å². The number of hydrogen-bond donors (Lipinski definition) is 0. The predicted molar refractivity (Wildman–Crippen MR) is 130 cm³/mol. The molecular formula is C26H37ClN2O2. The molecule has 1 atom stereocenters. The van der Waals surface area contributed by atoms with Crippen LogP contribution in [0.1, 0.15) is 57.2 Å². The topological polar surface area (TPSA) is 32.8 Å². The van der Waals surface area contributed by atoms with Crippen molar-refractivity contribution in [2.45, 2.75) is 53.1 Å². The molecule has 1 amide bonds. The van der Waals surface area contributed by atoms with Crippen molar-refractivity contribution in [1.82, 2.24) is 9.80 Å². The van der Waals surface area contributed by atoms with Crippen LogP contribution in [0.5, 0.6) is 0 Å². The van der Waals surface area contributed by atoms with Gasteiger partial charge in [0.15, 0.2) is 0 Å². The molecule has 2 aromatic rings.